The zero-order valence-corrected chi connectivity index (χ0v) is 10.8. The lowest BCUT2D eigenvalue weighted by molar-refractivity contribution is 0.0782. The highest BCUT2D eigenvalue weighted by Gasteiger charge is 2.19. The molecular weight excluding hydrogens is 228 g/mol. The van der Waals surface area contributed by atoms with Gasteiger partial charge in [0.1, 0.15) is 0 Å². The van der Waals surface area contributed by atoms with Gasteiger partial charge in [-0.2, -0.15) is 5.10 Å². The lowest BCUT2D eigenvalue weighted by atomic mass is 10.1. The van der Waals surface area contributed by atoms with Crippen molar-refractivity contribution >= 4 is 5.91 Å². The summed E-state index contributed by atoms with van der Waals surface area (Å²) in [5, 5.41) is 6.86. The van der Waals surface area contributed by atoms with Gasteiger partial charge in [0, 0.05) is 18.9 Å². The molecule has 0 spiro atoms. The third-order valence-corrected chi connectivity index (χ3v) is 2.81. The van der Waals surface area contributed by atoms with Gasteiger partial charge >= 0.3 is 0 Å². The molecular formula is C13H16N4O. The van der Waals surface area contributed by atoms with Crippen LogP contribution in [0.1, 0.15) is 27.4 Å². The molecule has 0 aromatic carbocycles. The number of H-pyrrole nitrogens is 1. The zero-order valence-electron chi connectivity index (χ0n) is 10.8. The molecule has 0 radical (unpaired) electrons. The maximum atomic E-state index is 12.3. The van der Waals surface area contributed by atoms with E-state index in [9.17, 15) is 4.79 Å². The molecule has 5 heteroatoms. The molecule has 0 fully saturated rings. The molecule has 1 amide bonds. The topological polar surface area (TPSA) is 61.9 Å². The zero-order chi connectivity index (χ0) is 13.1. The van der Waals surface area contributed by atoms with Crippen molar-refractivity contribution in [1.29, 1.82) is 0 Å². The second kappa shape index (κ2) is 5.00. The van der Waals surface area contributed by atoms with E-state index < -0.39 is 0 Å². The quantitative estimate of drug-likeness (QED) is 0.893. The van der Waals surface area contributed by atoms with Crippen LogP contribution in [0.5, 0.6) is 0 Å². The number of nitrogens with zero attached hydrogens (tertiary/aromatic N) is 3. The maximum absolute atomic E-state index is 12.3. The SMILES string of the molecule is Cc1n[nH]c(C)c1C(=O)N(C)Cc1ccccn1. The van der Waals surface area contributed by atoms with Crippen molar-refractivity contribution in [3.63, 3.8) is 0 Å². The lowest BCUT2D eigenvalue weighted by Crippen LogP contribution is -2.27. The van der Waals surface area contributed by atoms with Crippen LogP contribution < -0.4 is 0 Å². The van der Waals surface area contributed by atoms with E-state index in [1.165, 1.54) is 0 Å². The summed E-state index contributed by atoms with van der Waals surface area (Å²) in [7, 11) is 1.77. The van der Waals surface area contributed by atoms with Crippen LogP contribution in [0.4, 0.5) is 0 Å². The summed E-state index contributed by atoms with van der Waals surface area (Å²) < 4.78 is 0. The Morgan fingerprint density at radius 3 is 2.72 bits per heavy atom. The highest BCUT2D eigenvalue weighted by molar-refractivity contribution is 5.96. The van der Waals surface area contributed by atoms with Gasteiger partial charge in [-0.25, -0.2) is 0 Å². The van der Waals surface area contributed by atoms with E-state index in [-0.39, 0.29) is 5.91 Å². The predicted octanol–water partition coefficient (Wildman–Crippen LogP) is 1.69. The first kappa shape index (κ1) is 12.3. The first-order valence-electron chi connectivity index (χ1n) is 5.76. The minimum absolute atomic E-state index is 0.0376. The van der Waals surface area contributed by atoms with E-state index >= 15 is 0 Å². The summed E-state index contributed by atoms with van der Waals surface area (Å²) in [6, 6.07) is 5.67. The van der Waals surface area contributed by atoms with Crippen molar-refractivity contribution in [1.82, 2.24) is 20.1 Å². The van der Waals surface area contributed by atoms with Gasteiger partial charge in [0.25, 0.3) is 5.91 Å². The molecule has 94 valence electrons. The Morgan fingerprint density at radius 2 is 2.17 bits per heavy atom. The van der Waals surface area contributed by atoms with Crippen LogP contribution in [0.25, 0.3) is 0 Å². The maximum Gasteiger partial charge on any atom is 0.257 e. The number of amides is 1. The van der Waals surface area contributed by atoms with Crippen molar-refractivity contribution < 1.29 is 4.79 Å². The molecule has 0 aliphatic rings. The van der Waals surface area contributed by atoms with Crippen molar-refractivity contribution in [3.05, 3.63) is 47.0 Å². The molecule has 0 saturated carbocycles. The minimum atomic E-state index is -0.0376. The summed E-state index contributed by atoms with van der Waals surface area (Å²) in [4.78, 5) is 18.1. The van der Waals surface area contributed by atoms with Crippen LogP contribution in [0, 0.1) is 13.8 Å². The molecule has 5 nitrogen and oxygen atoms in total. The standard InChI is InChI=1S/C13H16N4O/c1-9-12(10(2)16-15-9)13(18)17(3)8-11-6-4-5-7-14-11/h4-7H,8H2,1-3H3,(H,15,16). The smallest absolute Gasteiger partial charge is 0.257 e. The van der Waals surface area contributed by atoms with Gasteiger partial charge in [0.15, 0.2) is 0 Å². The van der Waals surface area contributed by atoms with Crippen LogP contribution in [0.15, 0.2) is 24.4 Å². The molecule has 2 rings (SSSR count). The second-order valence-electron chi connectivity index (χ2n) is 4.29. The number of rotatable bonds is 3. The molecule has 2 aromatic heterocycles. The fourth-order valence-corrected chi connectivity index (χ4v) is 1.86. The molecule has 0 unspecified atom stereocenters. The molecule has 0 atom stereocenters. The molecule has 0 aliphatic heterocycles. The molecule has 18 heavy (non-hydrogen) atoms. The van der Waals surface area contributed by atoms with E-state index in [1.54, 1.807) is 18.1 Å². The van der Waals surface area contributed by atoms with Gasteiger partial charge < -0.3 is 4.90 Å². The van der Waals surface area contributed by atoms with E-state index in [4.69, 9.17) is 0 Å². The van der Waals surface area contributed by atoms with Gasteiger partial charge in [-0.15, -0.1) is 0 Å². The van der Waals surface area contributed by atoms with E-state index in [0.717, 1.165) is 17.1 Å². The van der Waals surface area contributed by atoms with Gasteiger partial charge in [-0.1, -0.05) is 6.07 Å². The summed E-state index contributed by atoms with van der Waals surface area (Å²) >= 11 is 0. The number of pyridine rings is 1. The Balaban J connectivity index is 2.15. The van der Waals surface area contributed by atoms with Crippen molar-refractivity contribution in [2.24, 2.45) is 0 Å². The lowest BCUT2D eigenvalue weighted by Gasteiger charge is -2.16. The molecule has 2 aromatic rings. The molecule has 2 heterocycles. The van der Waals surface area contributed by atoms with Gasteiger partial charge in [0.2, 0.25) is 0 Å². The monoisotopic (exact) mass is 244 g/mol. The molecule has 0 aliphatic carbocycles. The van der Waals surface area contributed by atoms with E-state index in [0.29, 0.717) is 12.1 Å². The fourth-order valence-electron chi connectivity index (χ4n) is 1.86. The summed E-state index contributed by atoms with van der Waals surface area (Å²) in [5.41, 5.74) is 3.04. The number of hydrogen-bond acceptors (Lipinski definition) is 3. The third-order valence-electron chi connectivity index (χ3n) is 2.81. The van der Waals surface area contributed by atoms with Gasteiger partial charge in [-0.05, 0) is 26.0 Å². The van der Waals surface area contributed by atoms with Crippen LogP contribution in [0.3, 0.4) is 0 Å². The highest BCUT2D eigenvalue weighted by Crippen LogP contribution is 2.13. The second-order valence-corrected chi connectivity index (χ2v) is 4.29. The van der Waals surface area contributed by atoms with E-state index in [2.05, 4.69) is 15.2 Å². The summed E-state index contributed by atoms with van der Waals surface area (Å²) in [6.45, 7) is 4.16. The largest absolute Gasteiger partial charge is 0.336 e. The van der Waals surface area contributed by atoms with Crippen LogP contribution in [-0.2, 0) is 6.54 Å². The Morgan fingerprint density at radius 1 is 1.39 bits per heavy atom. The van der Waals surface area contributed by atoms with Crippen LogP contribution >= 0.6 is 0 Å². The number of nitrogens with one attached hydrogen (secondary N) is 1. The first-order chi connectivity index (χ1) is 8.59. The van der Waals surface area contributed by atoms with Crippen molar-refractivity contribution in [2.75, 3.05) is 7.05 Å². The highest BCUT2D eigenvalue weighted by atomic mass is 16.2. The number of aromatic amines is 1. The van der Waals surface area contributed by atoms with E-state index in [1.807, 2.05) is 32.0 Å². The number of aryl methyl sites for hydroxylation is 2. The molecule has 1 N–H and O–H groups in total. The predicted molar refractivity (Wildman–Crippen MR) is 68.1 cm³/mol. The van der Waals surface area contributed by atoms with Crippen LogP contribution in [0.2, 0.25) is 0 Å². The third kappa shape index (κ3) is 2.40. The Labute approximate surface area is 106 Å². The number of hydrogen-bond donors (Lipinski definition) is 1. The number of aromatic nitrogens is 3. The summed E-state index contributed by atoms with van der Waals surface area (Å²) in [5.74, 6) is -0.0376. The minimum Gasteiger partial charge on any atom is -0.336 e. The molecule has 0 bridgehead atoms. The van der Waals surface area contributed by atoms with Crippen molar-refractivity contribution in [2.45, 2.75) is 20.4 Å². The van der Waals surface area contributed by atoms with Crippen molar-refractivity contribution in [3.8, 4) is 0 Å². The normalized spacial score (nSPS) is 10.4. The average molecular weight is 244 g/mol. The Bertz CT molecular complexity index is 528. The fraction of sp³-hybridized carbons (Fsp3) is 0.308. The Hall–Kier alpha value is -2.17. The van der Waals surface area contributed by atoms with Gasteiger partial charge in [0.05, 0.1) is 23.5 Å². The average Bonchev–Trinajstić information content (AvgIpc) is 2.69. The Kier molecular flexibility index (Phi) is 3.41. The number of carbonyl (C=O) groups excluding carboxylic acids is 1. The first-order valence-corrected chi connectivity index (χ1v) is 5.76. The molecule has 0 saturated heterocycles. The van der Waals surface area contributed by atoms with Gasteiger partial charge in [-0.3, -0.25) is 14.9 Å². The summed E-state index contributed by atoms with van der Waals surface area (Å²) in [6.07, 6.45) is 1.72. The van der Waals surface area contributed by atoms with Crippen LogP contribution in [-0.4, -0.2) is 33.0 Å². The number of carbonyl (C=O) groups is 1.